The van der Waals surface area contributed by atoms with E-state index < -0.39 is 0 Å². The first-order valence-electron chi connectivity index (χ1n) is 6.84. The molecular weight excluding hydrogens is 391 g/mol. The molecule has 6 heteroatoms. The Morgan fingerprint density at radius 1 is 1.32 bits per heavy atom. The third-order valence-corrected chi connectivity index (χ3v) is 4.30. The molecule has 0 radical (unpaired) electrons. The van der Waals surface area contributed by atoms with Gasteiger partial charge in [0.2, 0.25) is 0 Å². The number of benzene rings is 1. The van der Waals surface area contributed by atoms with Gasteiger partial charge in [-0.1, -0.05) is 12.1 Å². The SMILES string of the molecule is CC(N)c1ccc(C(=O)Nc2c(I)cnc3c[nH]cc23)cc1. The molecule has 112 valence electrons. The van der Waals surface area contributed by atoms with Crippen molar-refractivity contribution in [2.24, 2.45) is 5.73 Å². The number of halogens is 1. The predicted molar refractivity (Wildman–Crippen MR) is 95.8 cm³/mol. The zero-order valence-corrected chi connectivity index (χ0v) is 14.1. The largest absolute Gasteiger partial charge is 0.365 e. The second kappa shape index (κ2) is 6.05. The van der Waals surface area contributed by atoms with Crippen LogP contribution < -0.4 is 11.1 Å². The van der Waals surface area contributed by atoms with Crippen LogP contribution in [0.2, 0.25) is 0 Å². The summed E-state index contributed by atoms with van der Waals surface area (Å²) < 4.78 is 0.894. The highest BCUT2D eigenvalue weighted by Gasteiger charge is 2.13. The summed E-state index contributed by atoms with van der Waals surface area (Å²) in [6.45, 7) is 1.91. The molecule has 0 fully saturated rings. The molecule has 1 unspecified atom stereocenters. The number of H-pyrrole nitrogens is 1. The van der Waals surface area contributed by atoms with Crippen molar-refractivity contribution in [2.45, 2.75) is 13.0 Å². The van der Waals surface area contributed by atoms with Gasteiger partial charge in [0.05, 0.1) is 14.8 Å². The number of pyridine rings is 1. The number of amides is 1. The summed E-state index contributed by atoms with van der Waals surface area (Å²) in [5, 5.41) is 3.86. The van der Waals surface area contributed by atoms with Crippen molar-refractivity contribution in [3.8, 4) is 0 Å². The lowest BCUT2D eigenvalue weighted by Gasteiger charge is -2.10. The molecule has 1 aromatic carbocycles. The van der Waals surface area contributed by atoms with Crippen molar-refractivity contribution in [3.63, 3.8) is 0 Å². The Balaban J connectivity index is 1.89. The first-order valence-corrected chi connectivity index (χ1v) is 7.92. The van der Waals surface area contributed by atoms with Gasteiger partial charge in [-0.15, -0.1) is 0 Å². The van der Waals surface area contributed by atoms with Crippen molar-refractivity contribution in [2.75, 3.05) is 5.32 Å². The summed E-state index contributed by atoms with van der Waals surface area (Å²) in [6.07, 6.45) is 5.38. The number of nitrogens with one attached hydrogen (secondary N) is 2. The molecular formula is C16H15IN4O. The van der Waals surface area contributed by atoms with E-state index in [1.54, 1.807) is 24.5 Å². The van der Waals surface area contributed by atoms with Crippen LogP contribution in [0.3, 0.4) is 0 Å². The van der Waals surface area contributed by atoms with Gasteiger partial charge >= 0.3 is 0 Å². The Labute approximate surface area is 141 Å². The normalized spacial score (nSPS) is 12.3. The highest BCUT2D eigenvalue weighted by molar-refractivity contribution is 14.1. The predicted octanol–water partition coefficient (Wildman–Crippen LogP) is 3.44. The summed E-state index contributed by atoms with van der Waals surface area (Å²) >= 11 is 2.17. The summed E-state index contributed by atoms with van der Waals surface area (Å²) in [4.78, 5) is 19.8. The average Bonchev–Trinajstić information content (AvgIpc) is 2.99. The van der Waals surface area contributed by atoms with Gasteiger partial charge < -0.3 is 16.0 Å². The van der Waals surface area contributed by atoms with Crippen molar-refractivity contribution in [1.82, 2.24) is 9.97 Å². The molecule has 0 bridgehead atoms. The summed E-state index contributed by atoms with van der Waals surface area (Å²) in [7, 11) is 0. The number of carbonyl (C=O) groups excluding carboxylic acids is 1. The zero-order valence-electron chi connectivity index (χ0n) is 11.9. The molecule has 2 heterocycles. The van der Waals surface area contributed by atoms with Crippen LogP contribution in [0.4, 0.5) is 5.69 Å². The Kier molecular flexibility index (Phi) is 4.12. The number of aromatic amines is 1. The topological polar surface area (TPSA) is 83.8 Å². The third-order valence-electron chi connectivity index (χ3n) is 3.49. The van der Waals surface area contributed by atoms with Crippen molar-refractivity contribution in [3.05, 3.63) is 57.6 Å². The maximum atomic E-state index is 12.4. The molecule has 3 aromatic rings. The van der Waals surface area contributed by atoms with Gasteiger partial charge in [0.1, 0.15) is 0 Å². The second-order valence-electron chi connectivity index (χ2n) is 5.10. The van der Waals surface area contributed by atoms with E-state index in [-0.39, 0.29) is 11.9 Å². The molecule has 2 aromatic heterocycles. The van der Waals surface area contributed by atoms with E-state index in [1.807, 2.05) is 25.3 Å². The van der Waals surface area contributed by atoms with Gasteiger partial charge in [-0.25, -0.2) is 0 Å². The van der Waals surface area contributed by atoms with Gasteiger partial charge in [0.25, 0.3) is 5.91 Å². The van der Waals surface area contributed by atoms with Crippen LogP contribution in [0.15, 0.2) is 42.9 Å². The lowest BCUT2D eigenvalue weighted by molar-refractivity contribution is 0.102. The summed E-state index contributed by atoms with van der Waals surface area (Å²) in [6, 6.07) is 7.29. The van der Waals surface area contributed by atoms with E-state index in [4.69, 9.17) is 5.73 Å². The Hall–Kier alpha value is -1.93. The average molecular weight is 406 g/mol. The van der Waals surface area contributed by atoms with E-state index in [2.05, 4.69) is 37.9 Å². The van der Waals surface area contributed by atoms with Crippen molar-refractivity contribution < 1.29 is 4.79 Å². The fraction of sp³-hybridized carbons (Fsp3) is 0.125. The zero-order chi connectivity index (χ0) is 15.7. The molecule has 0 aliphatic carbocycles. The number of aromatic nitrogens is 2. The molecule has 0 saturated carbocycles. The molecule has 0 saturated heterocycles. The van der Waals surface area contributed by atoms with Crippen LogP contribution in [-0.2, 0) is 0 Å². The standard InChI is InChI=1S/C16H15IN4O/c1-9(18)10-2-4-11(5-3-10)16(22)21-15-12-6-19-8-14(12)20-7-13(15)17/h2-9,19H,18H2,1H3,(H,21,22). The first-order chi connectivity index (χ1) is 10.6. The second-order valence-corrected chi connectivity index (χ2v) is 6.26. The fourth-order valence-electron chi connectivity index (χ4n) is 2.23. The van der Waals surface area contributed by atoms with E-state index in [0.29, 0.717) is 5.56 Å². The van der Waals surface area contributed by atoms with Crippen LogP contribution in [0.5, 0.6) is 0 Å². The number of rotatable bonds is 3. The number of hydrogen-bond acceptors (Lipinski definition) is 3. The van der Waals surface area contributed by atoms with Crippen LogP contribution >= 0.6 is 22.6 Å². The van der Waals surface area contributed by atoms with Crippen LogP contribution in [0.1, 0.15) is 28.9 Å². The van der Waals surface area contributed by atoms with E-state index in [0.717, 1.165) is 25.7 Å². The lowest BCUT2D eigenvalue weighted by Crippen LogP contribution is -2.13. The quantitative estimate of drug-likeness (QED) is 0.583. The molecule has 4 N–H and O–H groups in total. The van der Waals surface area contributed by atoms with Crippen molar-refractivity contribution >= 4 is 45.1 Å². The molecule has 1 amide bonds. The van der Waals surface area contributed by atoms with Crippen LogP contribution in [-0.4, -0.2) is 15.9 Å². The van der Waals surface area contributed by atoms with Gasteiger partial charge in [-0.2, -0.15) is 0 Å². The minimum atomic E-state index is -0.150. The van der Waals surface area contributed by atoms with Crippen molar-refractivity contribution in [1.29, 1.82) is 0 Å². The number of carbonyl (C=O) groups is 1. The van der Waals surface area contributed by atoms with E-state index in [1.165, 1.54) is 0 Å². The van der Waals surface area contributed by atoms with E-state index in [9.17, 15) is 4.79 Å². The lowest BCUT2D eigenvalue weighted by atomic mass is 10.1. The Morgan fingerprint density at radius 3 is 2.73 bits per heavy atom. The van der Waals surface area contributed by atoms with Crippen LogP contribution in [0, 0.1) is 3.57 Å². The smallest absolute Gasteiger partial charge is 0.255 e. The van der Waals surface area contributed by atoms with Gasteiger partial charge in [-0.3, -0.25) is 9.78 Å². The summed E-state index contributed by atoms with van der Waals surface area (Å²) in [5.41, 5.74) is 9.02. The molecule has 0 spiro atoms. The highest BCUT2D eigenvalue weighted by Crippen LogP contribution is 2.27. The maximum absolute atomic E-state index is 12.4. The fourth-order valence-corrected chi connectivity index (χ4v) is 2.80. The molecule has 3 rings (SSSR count). The molecule has 0 aliphatic heterocycles. The van der Waals surface area contributed by atoms with E-state index >= 15 is 0 Å². The minimum absolute atomic E-state index is 0.0438. The number of anilines is 1. The Bertz CT molecular complexity index is 824. The number of fused-ring (bicyclic) bond motifs is 1. The minimum Gasteiger partial charge on any atom is -0.365 e. The monoisotopic (exact) mass is 406 g/mol. The van der Waals surface area contributed by atoms with Gasteiger partial charge in [0, 0.05) is 35.6 Å². The summed E-state index contributed by atoms with van der Waals surface area (Å²) in [5.74, 6) is -0.150. The molecule has 5 nitrogen and oxygen atoms in total. The molecule has 22 heavy (non-hydrogen) atoms. The maximum Gasteiger partial charge on any atom is 0.255 e. The number of hydrogen-bond donors (Lipinski definition) is 3. The van der Waals surface area contributed by atoms with Gasteiger partial charge in [-0.05, 0) is 47.2 Å². The van der Waals surface area contributed by atoms with Crippen LogP contribution in [0.25, 0.3) is 10.9 Å². The third kappa shape index (κ3) is 2.84. The van der Waals surface area contributed by atoms with Gasteiger partial charge in [0.15, 0.2) is 0 Å². The Morgan fingerprint density at radius 2 is 2.05 bits per heavy atom. The highest BCUT2D eigenvalue weighted by atomic mass is 127. The first kappa shape index (κ1) is 15.0. The number of nitrogens with two attached hydrogens (primary N) is 1. The number of nitrogens with zero attached hydrogens (tertiary/aromatic N) is 1. The molecule has 0 aliphatic rings. The molecule has 1 atom stereocenters.